The Morgan fingerprint density at radius 3 is 2.42 bits per heavy atom. The highest BCUT2D eigenvalue weighted by Gasteiger charge is 2.35. The van der Waals surface area contributed by atoms with E-state index in [1.54, 1.807) is 6.92 Å². The highest BCUT2D eigenvalue weighted by atomic mass is 19.4. The minimum absolute atomic E-state index is 0.180. The summed E-state index contributed by atoms with van der Waals surface area (Å²) < 4.78 is 54.1. The number of alkyl halides is 3. The lowest BCUT2D eigenvalue weighted by atomic mass is 10.2. The van der Waals surface area contributed by atoms with Crippen LogP contribution in [0.25, 0.3) is 0 Å². The lowest BCUT2D eigenvalue weighted by Crippen LogP contribution is -2.09. The Morgan fingerprint density at radius 1 is 1.15 bits per heavy atom. The zero-order chi connectivity index (χ0) is 19.2. The lowest BCUT2D eigenvalue weighted by Gasteiger charge is -2.13. The van der Waals surface area contributed by atoms with Gasteiger partial charge >= 0.3 is 12.1 Å². The quantitative estimate of drug-likeness (QED) is 0.560. The van der Waals surface area contributed by atoms with E-state index in [0.29, 0.717) is 5.75 Å². The van der Waals surface area contributed by atoms with Gasteiger partial charge in [0.2, 0.25) is 5.88 Å². The van der Waals surface area contributed by atoms with E-state index in [-0.39, 0.29) is 5.75 Å². The van der Waals surface area contributed by atoms with Crippen LogP contribution in [-0.4, -0.2) is 24.2 Å². The first-order valence-electron chi connectivity index (χ1n) is 7.52. The number of rotatable bonds is 6. The summed E-state index contributed by atoms with van der Waals surface area (Å²) >= 11 is 0. The highest BCUT2D eigenvalue weighted by molar-refractivity contribution is 5.81. The Morgan fingerprint density at radius 2 is 1.81 bits per heavy atom. The topological polar surface area (TPSA) is 57.7 Å². The first-order valence-corrected chi connectivity index (χ1v) is 7.52. The Bertz CT molecular complexity index is 773. The minimum atomic E-state index is -4.56. The van der Waals surface area contributed by atoms with Gasteiger partial charge in [-0.15, -0.1) is 0 Å². The van der Waals surface area contributed by atoms with Gasteiger partial charge in [0.15, 0.2) is 0 Å². The molecule has 0 aliphatic heterocycles. The maximum Gasteiger partial charge on any atom is 0.421 e. The van der Waals surface area contributed by atoms with Crippen LogP contribution in [0.2, 0.25) is 0 Å². The number of aromatic nitrogens is 1. The number of esters is 1. The molecular formula is C18H16F3NO4. The molecule has 1 aromatic heterocycles. The van der Waals surface area contributed by atoms with Gasteiger partial charge in [-0.3, -0.25) is 0 Å². The third-order valence-corrected chi connectivity index (χ3v) is 3.14. The molecule has 26 heavy (non-hydrogen) atoms. The van der Waals surface area contributed by atoms with E-state index < -0.39 is 29.7 Å². The third kappa shape index (κ3) is 5.51. The van der Waals surface area contributed by atoms with E-state index in [1.807, 2.05) is 0 Å². The molecule has 2 aromatic rings. The number of methoxy groups -OCH3 is 1. The molecule has 1 heterocycles. The summed E-state index contributed by atoms with van der Waals surface area (Å²) in [7, 11) is 1.27. The molecule has 0 aliphatic rings. The van der Waals surface area contributed by atoms with Gasteiger partial charge in [-0.1, -0.05) is 0 Å². The summed E-state index contributed by atoms with van der Waals surface area (Å²) in [6.07, 6.45) is -0.999. The van der Waals surface area contributed by atoms with Crippen LogP contribution in [0.3, 0.4) is 0 Å². The Labute approximate surface area is 148 Å². The summed E-state index contributed by atoms with van der Waals surface area (Å²) in [6, 6.07) is 8.08. The Hall–Kier alpha value is -3.03. The fraction of sp³-hybridized carbons (Fsp3) is 0.222. The average molecular weight is 367 g/mol. The molecule has 0 aliphatic carbocycles. The van der Waals surface area contributed by atoms with Gasteiger partial charge in [-0.25, -0.2) is 9.78 Å². The molecule has 0 bridgehead atoms. The molecule has 1 unspecified atom stereocenters. The van der Waals surface area contributed by atoms with Crippen molar-refractivity contribution in [3.8, 4) is 17.4 Å². The second kappa shape index (κ2) is 8.37. The zero-order valence-corrected chi connectivity index (χ0v) is 14.0. The van der Waals surface area contributed by atoms with Crippen molar-refractivity contribution in [2.24, 2.45) is 0 Å². The zero-order valence-electron chi connectivity index (χ0n) is 14.0. The largest absolute Gasteiger partial charge is 0.487 e. The maximum absolute atomic E-state index is 12.9. The molecule has 2 rings (SSSR count). The molecule has 0 amide bonds. The van der Waals surface area contributed by atoms with E-state index in [9.17, 15) is 18.0 Å². The van der Waals surface area contributed by atoms with Crippen LogP contribution in [0.15, 0.2) is 54.7 Å². The van der Waals surface area contributed by atoms with Crippen molar-refractivity contribution in [2.45, 2.75) is 19.2 Å². The van der Waals surface area contributed by atoms with E-state index in [1.165, 1.54) is 55.8 Å². The van der Waals surface area contributed by atoms with E-state index in [4.69, 9.17) is 9.47 Å². The van der Waals surface area contributed by atoms with Gasteiger partial charge in [0.05, 0.1) is 7.11 Å². The number of hydrogen-bond acceptors (Lipinski definition) is 5. The van der Waals surface area contributed by atoms with Gasteiger partial charge in [0, 0.05) is 12.3 Å². The standard InChI is InChI=1S/C18H16F3NO4/c1-12(5-10-16(23)24-2)25-13-6-8-14(9-7-13)26-17-15(18(19,20)21)4-3-11-22-17/h3-12H,1-2H3/b10-5+. The fourth-order valence-corrected chi connectivity index (χ4v) is 1.92. The molecule has 0 saturated carbocycles. The molecule has 0 saturated heterocycles. The molecule has 138 valence electrons. The monoisotopic (exact) mass is 367 g/mol. The van der Waals surface area contributed by atoms with Gasteiger partial charge < -0.3 is 14.2 Å². The molecule has 5 nitrogen and oxygen atoms in total. The van der Waals surface area contributed by atoms with Crippen LogP contribution < -0.4 is 9.47 Å². The second-order valence-corrected chi connectivity index (χ2v) is 5.13. The van der Waals surface area contributed by atoms with Crippen molar-refractivity contribution in [2.75, 3.05) is 7.11 Å². The van der Waals surface area contributed by atoms with Gasteiger partial charge in [0.1, 0.15) is 23.2 Å². The maximum atomic E-state index is 12.9. The number of benzene rings is 1. The second-order valence-electron chi connectivity index (χ2n) is 5.13. The van der Waals surface area contributed by atoms with Crippen molar-refractivity contribution in [1.82, 2.24) is 4.98 Å². The first kappa shape index (κ1) is 19.3. The third-order valence-electron chi connectivity index (χ3n) is 3.14. The van der Waals surface area contributed by atoms with Crippen LogP contribution >= 0.6 is 0 Å². The van der Waals surface area contributed by atoms with Crippen LogP contribution in [-0.2, 0) is 15.7 Å². The van der Waals surface area contributed by atoms with Crippen molar-refractivity contribution < 1.29 is 32.2 Å². The number of halogens is 3. The average Bonchev–Trinajstić information content (AvgIpc) is 2.61. The smallest absolute Gasteiger partial charge is 0.421 e. The molecule has 0 fully saturated rings. The van der Waals surface area contributed by atoms with Crippen molar-refractivity contribution >= 4 is 5.97 Å². The van der Waals surface area contributed by atoms with Gasteiger partial charge in [-0.05, 0) is 49.4 Å². The molecule has 8 heteroatoms. The van der Waals surface area contributed by atoms with Crippen LogP contribution in [0.5, 0.6) is 17.4 Å². The number of hydrogen-bond donors (Lipinski definition) is 0. The van der Waals surface area contributed by atoms with Gasteiger partial charge in [0.25, 0.3) is 0 Å². The van der Waals surface area contributed by atoms with E-state index in [2.05, 4.69) is 9.72 Å². The molecule has 0 N–H and O–H groups in total. The summed E-state index contributed by atoms with van der Waals surface area (Å²) in [6.45, 7) is 1.72. The summed E-state index contributed by atoms with van der Waals surface area (Å²) in [5.41, 5.74) is -0.957. The predicted molar refractivity (Wildman–Crippen MR) is 87.0 cm³/mol. The number of nitrogens with zero attached hydrogens (tertiary/aromatic N) is 1. The molecule has 1 atom stereocenters. The molecule has 1 aromatic carbocycles. The number of carbonyl (C=O) groups excluding carboxylic acids is 1. The minimum Gasteiger partial charge on any atom is -0.487 e. The summed E-state index contributed by atoms with van der Waals surface area (Å²) in [4.78, 5) is 14.7. The molecule has 0 radical (unpaired) electrons. The van der Waals surface area contributed by atoms with Crippen LogP contribution in [0.1, 0.15) is 12.5 Å². The Balaban J connectivity index is 2.05. The van der Waals surface area contributed by atoms with E-state index >= 15 is 0 Å². The van der Waals surface area contributed by atoms with Crippen molar-refractivity contribution in [1.29, 1.82) is 0 Å². The van der Waals surface area contributed by atoms with Crippen molar-refractivity contribution in [3.05, 3.63) is 60.3 Å². The number of carbonyl (C=O) groups is 1. The van der Waals surface area contributed by atoms with Crippen LogP contribution in [0, 0.1) is 0 Å². The van der Waals surface area contributed by atoms with Gasteiger partial charge in [-0.2, -0.15) is 13.2 Å². The summed E-state index contributed by atoms with van der Waals surface area (Å²) in [5, 5.41) is 0. The normalized spacial score (nSPS) is 12.7. The lowest BCUT2D eigenvalue weighted by molar-refractivity contribution is -0.139. The van der Waals surface area contributed by atoms with E-state index in [0.717, 1.165) is 6.07 Å². The van der Waals surface area contributed by atoms with Crippen molar-refractivity contribution in [3.63, 3.8) is 0 Å². The molecular weight excluding hydrogens is 351 g/mol. The Kier molecular flexibility index (Phi) is 6.21. The SMILES string of the molecule is COC(=O)/C=C/C(C)Oc1ccc(Oc2ncccc2C(F)(F)F)cc1. The van der Waals surface area contributed by atoms with Crippen LogP contribution in [0.4, 0.5) is 13.2 Å². The highest BCUT2D eigenvalue weighted by Crippen LogP contribution is 2.36. The number of pyridine rings is 1. The summed E-state index contributed by atoms with van der Waals surface area (Å²) in [5.74, 6) is -0.390. The first-order chi connectivity index (χ1) is 12.3. The fourth-order valence-electron chi connectivity index (χ4n) is 1.92. The number of ether oxygens (including phenoxy) is 3. The molecule has 0 spiro atoms. The predicted octanol–water partition coefficient (Wildman–Crippen LogP) is 4.39.